The molecule has 0 aliphatic heterocycles. The topological polar surface area (TPSA) is 38.3 Å². The SMILES string of the molecule is C=CC(=O)ON[Si](C)(C)CC. The van der Waals surface area contributed by atoms with Gasteiger partial charge in [-0.25, -0.2) is 4.79 Å². The van der Waals surface area contributed by atoms with Crippen LogP contribution in [0.15, 0.2) is 12.7 Å². The normalized spacial score (nSPS) is 10.8. The first-order valence-electron chi connectivity index (χ1n) is 3.62. The van der Waals surface area contributed by atoms with E-state index in [1.54, 1.807) is 0 Å². The van der Waals surface area contributed by atoms with Crippen LogP contribution in [0.2, 0.25) is 19.1 Å². The number of rotatable bonds is 4. The quantitative estimate of drug-likeness (QED) is 0.397. The summed E-state index contributed by atoms with van der Waals surface area (Å²) in [5.74, 6) is -0.418. The number of nitrogens with one attached hydrogen (secondary N) is 1. The Balaban J connectivity index is 3.69. The van der Waals surface area contributed by atoms with Gasteiger partial charge in [0.25, 0.3) is 0 Å². The summed E-state index contributed by atoms with van der Waals surface area (Å²) in [6.45, 7) is 9.53. The van der Waals surface area contributed by atoms with Gasteiger partial charge in [0.05, 0.1) is 0 Å². The van der Waals surface area contributed by atoms with Gasteiger partial charge in [0.2, 0.25) is 0 Å². The molecule has 4 heteroatoms. The average molecular weight is 173 g/mol. The summed E-state index contributed by atoms with van der Waals surface area (Å²) < 4.78 is 0. The minimum Gasteiger partial charge on any atom is -0.375 e. The lowest BCUT2D eigenvalue weighted by atomic mass is 10.7. The predicted octanol–water partition coefficient (Wildman–Crippen LogP) is 1.45. The third-order valence-electron chi connectivity index (χ3n) is 1.48. The molecule has 0 atom stereocenters. The van der Waals surface area contributed by atoms with Crippen molar-refractivity contribution in [3.8, 4) is 0 Å². The second kappa shape index (κ2) is 4.30. The molecule has 0 bridgehead atoms. The molecule has 0 spiro atoms. The van der Waals surface area contributed by atoms with Crippen molar-refractivity contribution < 1.29 is 9.63 Å². The van der Waals surface area contributed by atoms with Crippen LogP contribution in [0.25, 0.3) is 0 Å². The minimum atomic E-state index is -1.50. The molecule has 0 aromatic carbocycles. The molecule has 0 amide bonds. The van der Waals surface area contributed by atoms with Crippen molar-refractivity contribution in [2.24, 2.45) is 0 Å². The third-order valence-corrected chi connectivity index (χ3v) is 3.90. The Morgan fingerprint density at radius 3 is 2.64 bits per heavy atom. The summed E-state index contributed by atoms with van der Waals surface area (Å²) in [5, 5.41) is 2.78. The van der Waals surface area contributed by atoms with Crippen LogP contribution in [0.3, 0.4) is 0 Å². The number of hydrogen-bond donors (Lipinski definition) is 1. The highest BCUT2D eigenvalue weighted by molar-refractivity contribution is 6.74. The molecule has 1 N–H and O–H groups in total. The van der Waals surface area contributed by atoms with Crippen molar-refractivity contribution in [3.63, 3.8) is 0 Å². The van der Waals surface area contributed by atoms with Crippen molar-refractivity contribution in [2.45, 2.75) is 26.1 Å². The van der Waals surface area contributed by atoms with Crippen LogP contribution in [0, 0.1) is 0 Å². The van der Waals surface area contributed by atoms with Crippen LogP contribution < -0.4 is 5.15 Å². The highest BCUT2D eigenvalue weighted by Crippen LogP contribution is 2.02. The molecule has 0 aromatic rings. The van der Waals surface area contributed by atoms with Gasteiger partial charge in [-0.3, -0.25) is 0 Å². The highest BCUT2D eigenvalue weighted by atomic mass is 28.3. The van der Waals surface area contributed by atoms with E-state index in [1.807, 2.05) is 0 Å². The predicted molar refractivity (Wildman–Crippen MR) is 47.4 cm³/mol. The summed E-state index contributed by atoms with van der Waals surface area (Å²) in [6, 6.07) is 1.03. The average Bonchev–Trinajstić information content (AvgIpc) is 2.00. The largest absolute Gasteiger partial charge is 0.375 e. The lowest BCUT2D eigenvalue weighted by Gasteiger charge is -2.19. The first kappa shape index (κ1) is 10.4. The second-order valence-corrected chi connectivity index (χ2v) is 7.64. The summed E-state index contributed by atoms with van der Waals surface area (Å²) in [4.78, 5) is 15.3. The first-order valence-corrected chi connectivity index (χ1v) is 6.83. The summed E-state index contributed by atoms with van der Waals surface area (Å²) in [5.41, 5.74) is 0. The van der Waals surface area contributed by atoms with E-state index in [0.717, 1.165) is 12.1 Å². The Kier molecular flexibility index (Phi) is 4.06. The molecule has 0 saturated carbocycles. The molecule has 64 valence electrons. The van der Waals surface area contributed by atoms with Crippen LogP contribution in [0.1, 0.15) is 6.92 Å². The van der Waals surface area contributed by atoms with E-state index in [2.05, 4.69) is 31.7 Å². The van der Waals surface area contributed by atoms with E-state index in [-0.39, 0.29) is 0 Å². The van der Waals surface area contributed by atoms with Gasteiger partial charge in [0.1, 0.15) is 0 Å². The van der Waals surface area contributed by atoms with Gasteiger partial charge in [0.15, 0.2) is 8.24 Å². The van der Waals surface area contributed by atoms with E-state index >= 15 is 0 Å². The van der Waals surface area contributed by atoms with Crippen molar-refractivity contribution >= 4 is 14.2 Å². The van der Waals surface area contributed by atoms with Crippen LogP contribution in [0.5, 0.6) is 0 Å². The zero-order chi connectivity index (χ0) is 8.91. The molecule has 0 aliphatic carbocycles. The number of carbonyl (C=O) groups is 1. The molecule has 0 aliphatic rings. The number of hydrogen-bond acceptors (Lipinski definition) is 3. The summed E-state index contributed by atoms with van der Waals surface area (Å²) >= 11 is 0. The fourth-order valence-corrected chi connectivity index (χ4v) is 0.824. The van der Waals surface area contributed by atoms with Crippen LogP contribution in [-0.4, -0.2) is 14.2 Å². The highest BCUT2D eigenvalue weighted by Gasteiger charge is 2.19. The van der Waals surface area contributed by atoms with Gasteiger partial charge < -0.3 is 4.84 Å². The monoisotopic (exact) mass is 173 g/mol. The van der Waals surface area contributed by atoms with Crippen molar-refractivity contribution in [2.75, 3.05) is 0 Å². The van der Waals surface area contributed by atoms with E-state index in [1.165, 1.54) is 0 Å². The van der Waals surface area contributed by atoms with E-state index in [4.69, 9.17) is 4.84 Å². The Morgan fingerprint density at radius 1 is 1.73 bits per heavy atom. The lowest BCUT2D eigenvalue weighted by molar-refractivity contribution is -0.141. The number of carbonyl (C=O) groups excluding carboxylic acids is 1. The first-order chi connectivity index (χ1) is 5.02. The summed E-state index contributed by atoms with van der Waals surface area (Å²) in [6.07, 6.45) is 1.15. The van der Waals surface area contributed by atoms with Crippen LogP contribution >= 0.6 is 0 Å². The van der Waals surface area contributed by atoms with E-state index in [0.29, 0.717) is 0 Å². The fraction of sp³-hybridized carbons (Fsp3) is 0.571. The molecule has 0 saturated heterocycles. The van der Waals surface area contributed by atoms with Gasteiger partial charge in [-0.15, -0.1) is 0 Å². The maximum Gasteiger partial charge on any atom is 0.348 e. The molecule has 3 nitrogen and oxygen atoms in total. The molecular weight excluding hydrogens is 158 g/mol. The van der Waals surface area contributed by atoms with Crippen molar-refractivity contribution in [1.82, 2.24) is 5.15 Å². The minimum absolute atomic E-state index is 0.418. The second-order valence-electron chi connectivity index (χ2n) is 2.96. The smallest absolute Gasteiger partial charge is 0.348 e. The summed E-state index contributed by atoms with van der Waals surface area (Å²) in [7, 11) is -1.50. The third kappa shape index (κ3) is 4.75. The van der Waals surface area contributed by atoms with Gasteiger partial charge in [-0.2, -0.15) is 5.15 Å². The maximum atomic E-state index is 10.6. The van der Waals surface area contributed by atoms with Crippen LogP contribution in [0.4, 0.5) is 0 Å². The lowest BCUT2D eigenvalue weighted by Crippen LogP contribution is -2.44. The Morgan fingerprint density at radius 2 is 2.27 bits per heavy atom. The standard InChI is InChI=1S/C7H15NO2Si/c1-5-7(9)10-8-11(3,4)6-2/h5,8H,1,6H2,2-4H3. The molecule has 11 heavy (non-hydrogen) atoms. The zero-order valence-corrected chi connectivity index (χ0v) is 8.31. The fourth-order valence-electron chi connectivity index (χ4n) is 0.302. The molecular formula is C7H15NO2Si. The molecule has 0 aromatic heterocycles. The molecule has 0 unspecified atom stereocenters. The van der Waals surface area contributed by atoms with Gasteiger partial charge in [-0.1, -0.05) is 26.6 Å². The van der Waals surface area contributed by atoms with Crippen molar-refractivity contribution in [1.29, 1.82) is 0 Å². The van der Waals surface area contributed by atoms with E-state index in [9.17, 15) is 4.79 Å². The molecule has 0 rings (SSSR count). The molecule has 0 radical (unpaired) electrons. The Bertz CT molecular complexity index is 157. The molecule has 0 fully saturated rings. The Labute approximate surface area is 68.5 Å². The molecule has 0 heterocycles. The van der Waals surface area contributed by atoms with Gasteiger partial charge in [0, 0.05) is 6.08 Å². The Hall–Kier alpha value is -0.613. The zero-order valence-electron chi connectivity index (χ0n) is 7.31. The van der Waals surface area contributed by atoms with Gasteiger partial charge in [-0.05, 0) is 6.04 Å². The van der Waals surface area contributed by atoms with Gasteiger partial charge >= 0.3 is 5.97 Å². The maximum absolute atomic E-state index is 10.6. The van der Waals surface area contributed by atoms with E-state index < -0.39 is 14.2 Å². The van der Waals surface area contributed by atoms with Crippen molar-refractivity contribution in [3.05, 3.63) is 12.7 Å². The van der Waals surface area contributed by atoms with Crippen LogP contribution in [-0.2, 0) is 9.63 Å².